The molecule has 1 atom stereocenters. The highest BCUT2D eigenvalue weighted by Crippen LogP contribution is 2.34. The molecule has 124 valence electrons. The van der Waals surface area contributed by atoms with Gasteiger partial charge in [-0.25, -0.2) is 17.9 Å². The number of hydrogen-bond donors (Lipinski definition) is 0. The zero-order valence-corrected chi connectivity index (χ0v) is 13.9. The zero-order chi connectivity index (χ0) is 16.6. The monoisotopic (exact) mass is 342 g/mol. The highest BCUT2D eigenvalue weighted by Gasteiger charge is 2.35. The van der Waals surface area contributed by atoms with Crippen molar-refractivity contribution in [2.75, 3.05) is 6.54 Å². The summed E-state index contributed by atoms with van der Waals surface area (Å²) in [5.41, 5.74) is 1.51. The molecule has 1 fully saturated rings. The Morgan fingerprint density at radius 3 is 2.71 bits per heavy atom. The third-order valence-corrected chi connectivity index (χ3v) is 6.35. The second-order valence-electron chi connectivity index (χ2n) is 5.93. The van der Waals surface area contributed by atoms with Gasteiger partial charge >= 0.3 is 0 Å². The van der Waals surface area contributed by atoms with E-state index in [1.54, 1.807) is 39.3 Å². The van der Waals surface area contributed by atoms with Crippen LogP contribution >= 0.6 is 0 Å². The first-order chi connectivity index (χ1) is 11.7. The van der Waals surface area contributed by atoms with Crippen LogP contribution in [0, 0.1) is 0 Å². The first-order valence-electron chi connectivity index (χ1n) is 8.03. The van der Waals surface area contributed by atoms with Crippen molar-refractivity contribution in [2.24, 2.45) is 0 Å². The standard InChI is InChI=1S/C17H18N4O2S/c22-24(23,14-6-2-1-3-7-14)21-12-5-4-8-16(21)15-10-13-20-17(19-15)9-11-18-20/h1-3,6-7,9-11,13,16H,4-5,8,12H2/t16-/m0/s1. The van der Waals surface area contributed by atoms with E-state index in [0.29, 0.717) is 11.4 Å². The number of piperidine rings is 1. The first-order valence-corrected chi connectivity index (χ1v) is 9.47. The normalized spacial score (nSPS) is 19.6. The molecule has 0 aliphatic carbocycles. The molecule has 0 saturated carbocycles. The highest BCUT2D eigenvalue weighted by molar-refractivity contribution is 7.89. The van der Waals surface area contributed by atoms with Crippen LogP contribution in [0.15, 0.2) is 59.8 Å². The van der Waals surface area contributed by atoms with E-state index < -0.39 is 10.0 Å². The van der Waals surface area contributed by atoms with Crippen molar-refractivity contribution in [3.05, 3.63) is 60.6 Å². The molecule has 24 heavy (non-hydrogen) atoms. The molecule has 1 aliphatic heterocycles. The average Bonchev–Trinajstić information content (AvgIpc) is 3.10. The summed E-state index contributed by atoms with van der Waals surface area (Å²) in [5.74, 6) is 0. The summed E-state index contributed by atoms with van der Waals surface area (Å²) >= 11 is 0. The third kappa shape index (κ3) is 2.59. The molecule has 4 rings (SSSR count). The van der Waals surface area contributed by atoms with Crippen LogP contribution in [0.4, 0.5) is 0 Å². The number of hydrogen-bond acceptors (Lipinski definition) is 4. The fourth-order valence-electron chi connectivity index (χ4n) is 3.23. The van der Waals surface area contributed by atoms with E-state index in [-0.39, 0.29) is 6.04 Å². The SMILES string of the molecule is O=S(=O)(c1ccccc1)N1CCCC[C@H]1c1ccn2nccc2n1. The van der Waals surface area contributed by atoms with Crippen LogP contribution in [0.1, 0.15) is 31.0 Å². The second kappa shape index (κ2) is 5.99. The predicted molar refractivity (Wildman–Crippen MR) is 89.9 cm³/mol. The molecule has 1 aromatic carbocycles. The molecule has 0 unspecified atom stereocenters. The maximum absolute atomic E-state index is 13.1. The number of nitrogens with zero attached hydrogens (tertiary/aromatic N) is 4. The van der Waals surface area contributed by atoms with Crippen molar-refractivity contribution in [1.82, 2.24) is 18.9 Å². The van der Waals surface area contributed by atoms with Gasteiger partial charge in [0.05, 0.1) is 22.8 Å². The smallest absolute Gasteiger partial charge is 0.232 e. The van der Waals surface area contributed by atoms with Crippen molar-refractivity contribution in [3.8, 4) is 0 Å². The number of benzene rings is 1. The maximum atomic E-state index is 13.1. The minimum Gasteiger partial charge on any atom is -0.232 e. The summed E-state index contributed by atoms with van der Waals surface area (Å²) in [7, 11) is -3.53. The van der Waals surface area contributed by atoms with Gasteiger partial charge in [0.25, 0.3) is 0 Å². The molecule has 1 aliphatic rings. The van der Waals surface area contributed by atoms with E-state index in [0.717, 1.165) is 30.6 Å². The van der Waals surface area contributed by atoms with Gasteiger partial charge in [-0.2, -0.15) is 9.40 Å². The summed E-state index contributed by atoms with van der Waals surface area (Å²) in [6.45, 7) is 0.522. The van der Waals surface area contributed by atoms with E-state index in [4.69, 9.17) is 0 Å². The van der Waals surface area contributed by atoms with Gasteiger partial charge in [0.1, 0.15) is 0 Å². The lowest BCUT2D eigenvalue weighted by Gasteiger charge is -2.34. The van der Waals surface area contributed by atoms with E-state index in [1.165, 1.54) is 0 Å². The lowest BCUT2D eigenvalue weighted by molar-refractivity contribution is 0.251. The van der Waals surface area contributed by atoms with Crippen molar-refractivity contribution in [3.63, 3.8) is 0 Å². The molecule has 7 heteroatoms. The molecule has 0 spiro atoms. The molecular formula is C17H18N4O2S. The van der Waals surface area contributed by atoms with Crippen LogP contribution in [0.25, 0.3) is 5.65 Å². The van der Waals surface area contributed by atoms with Crippen LogP contribution in [0.5, 0.6) is 0 Å². The Morgan fingerprint density at radius 2 is 1.88 bits per heavy atom. The van der Waals surface area contributed by atoms with Crippen LogP contribution < -0.4 is 0 Å². The van der Waals surface area contributed by atoms with Crippen LogP contribution in [0.2, 0.25) is 0 Å². The van der Waals surface area contributed by atoms with E-state index >= 15 is 0 Å². The van der Waals surface area contributed by atoms with Gasteiger partial charge in [-0.3, -0.25) is 0 Å². The minimum absolute atomic E-state index is 0.233. The lowest BCUT2D eigenvalue weighted by Crippen LogP contribution is -2.38. The Kier molecular flexibility index (Phi) is 3.82. The van der Waals surface area contributed by atoms with Crippen molar-refractivity contribution in [2.45, 2.75) is 30.2 Å². The van der Waals surface area contributed by atoms with E-state index in [9.17, 15) is 8.42 Å². The summed E-state index contributed by atoms with van der Waals surface area (Å²) in [6.07, 6.45) is 6.17. The predicted octanol–water partition coefficient (Wildman–Crippen LogP) is 2.65. The Balaban J connectivity index is 1.75. The summed E-state index contributed by atoms with van der Waals surface area (Å²) in [5, 5.41) is 4.14. The molecule has 3 heterocycles. The topological polar surface area (TPSA) is 67.6 Å². The Bertz CT molecular complexity index is 953. The Morgan fingerprint density at radius 1 is 1.04 bits per heavy atom. The quantitative estimate of drug-likeness (QED) is 0.734. The van der Waals surface area contributed by atoms with Crippen molar-refractivity contribution in [1.29, 1.82) is 0 Å². The van der Waals surface area contributed by atoms with E-state index in [2.05, 4.69) is 10.1 Å². The molecule has 6 nitrogen and oxygen atoms in total. The molecular weight excluding hydrogens is 324 g/mol. The van der Waals surface area contributed by atoms with Crippen LogP contribution in [-0.2, 0) is 10.0 Å². The molecule has 2 aromatic heterocycles. The summed E-state index contributed by atoms with van der Waals surface area (Å²) < 4.78 is 29.4. The zero-order valence-electron chi connectivity index (χ0n) is 13.1. The Hall–Kier alpha value is -2.25. The number of rotatable bonds is 3. The van der Waals surface area contributed by atoms with Gasteiger partial charge in [0.15, 0.2) is 5.65 Å². The van der Waals surface area contributed by atoms with Gasteiger partial charge in [0.2, 0.25) is 10.0 Å². The molecule has 1 saturated heterocycles. The highest BCUT2D eigenvalue weighted by atomic mass is 32.2. The summed E-state index contributed by atoms with van der Waals surface area (Å²) in [6, 6.07) is 12.1. The molecule has 0 bridgehead atoms. The largest absolute Gasteiger partial charge is 0.243 e. The Labute approximate surface area is 140 Å². The van der Waals surface area contributed by atoms with E-state index in [1.807, 2.05) is 24.4 Å². The van der Waals surface area contributed by atoms with Crippen LogP contribution in [-0.4, -0.2) is 33.9 Å². The number of fused-ring (bicyclic) bond motifs is 1. The molecule has 0 N–H and O–H groups in total. The van der Waals surface area contributed by atoms with Gasteiger partial charge in [-0.1, -0.05) is 24.6 Å². The first kappa shape index (κ1) is 15.3. The van der Waals surface area contributed by atoms with Gasteiger partial charge < -0.3 is 0 Å². The fraction of sp³-hybridized carbons (Fsp3) is 0.294. The lowest BCUT2D eigenvalue weighted by atomic mass is 10.0. The number of sulfonamides is 1. The fourth-order valence-corrected chi connectivity index (χ4v) is 4.92. The second-order valence-corrected chi connectivity index (χ2v) is 7.82. The van der Waals surface area contributed by atoms with Gasteiger partial charge in [0, 0.05) is 18.8 Å². The molecule has 0 radical (unpaired) electrons. The number of aromatic nitrogens is 3. The molecule has 3 aromatic rings. The molecule has 0 amide bonds. The van der Waals surface area contributed by atoms with Crippen LogP contribution in [0.3, 0.4) is 0 Å². The van der Waals surface area contributed by atoms with Crippen molar-refractivity contribution >= 4 is 15.7 Å². The van der Waals surface area contributed by atoms with Gasteiger partial charge in [-0.15, -0.1) is 0 Å². The third-order valence-electron chi connectivity index (χ3n) is 4.42. The minimum atomic E-state index is -3.53. The van der Waals surface area contributed by atoms with Gasteiger partial charge in [-0.05, 0) is 31.0 Å². The van der Waals surface area contributed by atoms with Crippen molar-refractivity contribution < 1.29 is 8.42 Å². The summed E-state index contributed by atoms with van der Waals surface area (Å²) in [4.78, 5) is 4.95. The maximum Gasteiger partial charge on any atom is 0.243 e. The average molecular weight is 342 g/mol.